The molecule has 1 aromatic heterocycles. The Morgan fingerprint density at radius 1 is 1.12 bits per heavy atom. The van der Waals surface area contributed by atoms with Crippen molar-refractivity contribution >= 4 is 35.0 Å². The summed E-state index contributed by atoms with van der Waals surface area (Å²) in [5.74, 6) is 0.748. The van der Waals surface area contributed by atoms with E-state index in [0.717, 1.165) is 17.1 Å². The fourth-order valence-corrected chi connectivity index (χ4v) is 3.56. The smallest absolute Gasteiger partial charge is 0.240 e. The third-order valence-electron chi connectivity index (χ3n) is 4.04. The molecule has 0 radical (unpaired) electrons. The summed E-state index contributed by atoms with van der Waals surface area (Å²) in [4.78, 5) is 14.4. The minimum Gasteiger partial charge on any atom is -0.315 e. The van der Waals surface area contributed by atoms with E-state index in [9.17, 15) is 4.79 Å². The number of nitrogens with zero attached hydrogens (tertiary/aromatic N) is 4. The molecule has 0 aliphatic heterocycles. The Labute approximate surface area is 162 Å². The highest BCUT2D eigenvalue weighted by atomic mass is 35.5. The number of para-hydroxylation sites is 1. The van der Waals surface area contributed by atoms with Gasteiger partial charge in [-0.2, -0.15) is 0 Å². The lowest BCUT2D eigenvalue weighted by Gasteiger charge is -2.20. The van der Waals surface area contributed by atoms with Gasteiger partial charge in [-0.25, -0.2) is 0 Å². The molecule has 3 aromatic rings. The van der Waals surface area contributed by atoms with E-state index in [1.165, 1.54) is 11.8 Å². The van der Waals surface area contributed by atoms with E-state index in [1.54, 1.807) is 11.9 Å². The van der Waals surface area contributed by atoms with E-state index in [-0.39, 0.29) is 11.2 Å². The largest absolute Gasteiger partial charge is 0.315 e. The molecule has 0 N–H and O–H groups in total. The Kier molecular flexibility index (Phi) is 5.64. The summed E-state index contributed by atoms with van der Waals surface area (Å²) in [5.41, 5.74) is 1.79. The highest BCUT2D eigenvalue weighted by molar-refractivity contribution is 8.00. The summed E-state index contributed by atoms with van der Waals surface area (Å²) >= 11 is 7.33. The van der Waals surface area contributed by atoms with Crippen molar-refractivity contribution in [1.29, 1.82) is 0 Å². The summed E-state index contributed by atoms with van der Waals surface area (Å²) < 4.78 is 1.89. The van der Waals surface area contributed by atoms with Gasteiger partial charge in [-0.05, 0) is 43.3 Å². The van der Waals surface area contributed by atoms with Gasteiger partial charge in [0, 0.05) is 30.4 Å². The average molecular weight is 387 g/mol. The fourth-order valence-electron chi connectivity index (χ4n) is 2.53. The normalized spacial score (nSPS) is 12.0. The minimum absolute atomic E-state index is 0.0113. The maximum atomic E-state index is 12.7. The molecule has 1 heterocycles. The van der Waals surface area contributed by atoms with Crippen LogP contribution in [0.1, 0.15) is 6.92 Å². The molecule has 0 fully saturated rings. The number of halogens is 1. The first kappa shape index (κ1) is 18.5. The molecule has 5 nitrogen and oxygen atoms in total. The van der Waals surface area contributed by atoms with Crippen molar-refractivity contribution in [2.45, 2.75) is 17.3 Å². The van der Waals surface area contributed by atoms with Gasteiger partial charge in [0.2, 0.25) is 5.91 Å². The quantitative estimate of drug-likeness (QED) is 0.614. The average Bonchev–Trinajstić information content (AvgIpc) is 3.02. The number of rotatable bonds is 5. The monoisotopic (exact) mass is 386 g/mol. The molecule has 1 amide bonds. The van der Waals surface area contributed by atoms with Crippen molar-refractivity contribution in [1.82, 2.24) is 14.8 Å². The van der Waals surface area contributed by atoms with Gasteiger partial charge in [-0.3, -0.25) is 4.79 Å². The van der Waals surface area contributed by atoms with E-state index < -0.39 is 0 Å². The summed E-state index contributed by atoms with van der Waals surface area (Å²) in [5, 5.41) is 9.57. The molecule has 2 aromatic carbocycles. The SMILES string of the molecule is C[C@@H](Sc1nnc(-c2ccc(Cl)cc2)n1C)C(=O)N(C)c1ccccc1. The maximum Gasteiger partial charge on any atom is 0.240 e. The number of carbonyl (C=O) groups excluding carboxylic acids is 1. The maximum absolute atomic E-state index is 12.7. The highest BCUT2D eigenvalue weighted by Crippen LogP contribution is 2.27. The molecule has 0 saturated carbocycles. The Hall–Kier alpha value is -2.31. The van der Waals surface area contributed by atoms with Crippen molar-refractivity contribution in [3.63, 3.8) is 0 Å². The van der Waals surface area contributed by atoms with Gasteiger partial charge in [0.15, 0.2) is 11.0 Å². The van der Waals surface area contributed by atoms with Crippen molar-refractivity contribution in [2.75, 3.05) is 11.9 Å². The summed E-state index contributed by atoms with van der Waals surface area (Å²) in [7, 11) is 3.68. The first-order valence-electron chi connectivity index (χ1n) is 8.12. The zero-order chi connectivity index (χ0) is 18.7. The molecular weight excluding hydrogens is 368 g/mol. The van der Waals surface area contributed by atoms with Crippen LogP contribution in [0.2, 0.25) is 5.02 Å². The zero-order valence-corrected chi connectivity index (χ0v) is 16.3. The van der Waals surface area contributed by atoms with Gasteiger partial charge in [0.25, 0.3) is 0 Å². The number of thioether (sulfide) groups is 1. The number of benzene rings is 2. The Bertz CT molecular complexity index is 896. The van der Waals surface area contributed by atoms with Crippen LogP contribution in [0.15, 0.2) is 59.8 Å². The lowest BCUT2D eigenvalue weighted by Crippen LogP contribution is -2.33. The molecule has 0 bridgehead atoms. The van der Waals surface area contributed by atoms with E-state index in [4.69, 9.17) is 11.6 Å². The van der Waals surface area contributed by atoms with Crippen molar-refractivity contribution in [3.8, 4) is 11.4 Å². The summed E-state index contributed by atoms with van der Waals surface area (Å²) in [6, 6.07) is 17.0. The van der Waals surface area contributed by atoms with Crippen LogP contribution >= 0.6 is 23.4 Å². The van der Waals surface area contributed by atoms with Gasteiger partial charge in [0.05, 0.1) is 5.25 Å². The van der Waals surface area contributed by atoms with E-state index in [1.807, 2.05) is 73.1 Å². The fraction of sp³-hybridized carbons (Fsp3) is 0.211. The third kappa shape index (κ3) is 3.92. The molecule has 26 heavy (non-hydrogen) atoms. The molecule has 3 rings (SSSR count). The standard InChI is InChI=1S/C19H19ClN4OS/c1-13(18(25)23(2)16-7-5-4-6-8-16)26-19-22-21-17(24(19)3)14-9-11-15(20)12-10-14/h4-13H,1-3H3/t13-/m1/s1. The number of carbonyl (C=O) groups is 1. The van der Waals surface area contributed by atoms with Crippen LogP contribution in [0.3, 0.4) is 0 Å². The van der Waals surface area contributed by atoms with E-state index >= 15 is 0 Å². The molecule has 1 atom stereocenters. The van der Waals surface area contributed by atoms with Crippen LogP contribution in [0, 0.1) is 0 Å². The second-order valence-corrected chi connectivity index (χ2v) is 7.61. The minimum atomic E-state index is -0.291. The molecule has 0 spiro atoms. The van der Waals surface area contributed by atoms with Gasteiger partial charge < -0.3 is 9.47 Å². The Morgan fingerprint density at radius 2 is 1.77 bits per heavy atom. The number of hydrogen-bond acceptors (Lipinski definition) is 4. The topological polar surface area (TPSA) is 51.0 Å². The van der Waals surface area contributed by atoms with E-state index in [0.29, 0.717) is 10.2 Å². The molecular formula is C19H19ClN4OS. The van der Waals surface area contributed by atoms with Crippen molar-refractivity contribution in [2.24, 2.45) is 7.05 Å². The molecule has 7 heteroatoms. The second kappa shape index (κ2) is 7.93. The Morgan fingerprint density at radius 3 is 2.42 bits per heavy atom. The molecule has 0 aliphatic carbocycles. The molecule has 0 unspecified atom stereocenters. The highest BCUT2D eigenvalue weighted by Gasteiger charge is 2.22. The molecule has 0 saturated heterocycles. The van der Waals surface area contributed by atoms with Crippen LogP contribution in [0.25, 0.3) is 11.4 Å². The lowest BCUT2D eigenvalue weighted by atomic mass is 10.2. The van der Waals surface area contributed by atoms with Crippen molar-refractivity contribution < 1.29 is 4.79 Å². The van der Waals surface area contributed by atoms with Gasteiger partial charge >= 0.3 is 0 Å². The summed E-state index contributed by atoms with van der Waals surface area (Å²) in [6.07, 6.45) is 0. The number of amides is 1. The first-order valence-corrected chi connectivity index (χ1v) is 9.37. The predicted octanol–water partition coefficient (Wildman–Crippen LogP) is 4.28. The molecule has 134 valence electrons. The van der Waals surface area contributed by atoms with Crippen LogP contribution in [0.4, 0.5) is 5.69 Å². The predicted molar refractivity (Wildman–Crippen MR) is 107 cm³/mol. The van der Waals surface area contributed by atoms with Crippen LogP contribution in [0.5, 0.6) is 0 Å². The zero-order valence-electron chi connectivity index (χ0n) is 14.8. The van der Waals surface area contributed by atoms with Gasteiger partial charge in [0.1, 0.15) is 0 Å². The van der Waals surface area contributed by atoms with Crippen molar-refractivity contribution in [3.05, 3.63) is 59.6 Å². The lowest BCUT2D eigenvalue weighted by molar-refractivity contribution is -0.117. The van der Waals surface area contributed by atoms with E-state index in [2.05, 4.69) is 10.2 Å². The molecule has 0 aliphatic rings. The number of anilines is 1. The van der Waals surface area contributed by atoms with Crippen LogP contribution in [-0.2, 0) is 11.8 Å². The van der Waals surface area contributed by atoms with Gasteiger partial charge in [-0.15, -0.1) is 10.2 Å². The summed E-state index contributed by atoms with van der Waals surface area (Å²) in [6.45, 7) is 1.88. The number of aromatic nitrogens is 3. The third-order valence-corrected chi connectivity index (χ3v) is 5.41. The van der Waals surface area contributed by atoms with Crippen LogP contribution in [-0.4, -0.2) is 33.0 Å². The number of hydrogen-bond donors (Lipinski definition) is 0. The first-order chi connectivity index (χ1) is 12.5. The Balaban J connectivity index is 1.74. The second-order valence-electron chi connectivity index (χ2n) is 5.86. The van der Waals surface area contributed by atoms with Crippen LogP contribution < -0.4 is 4.90 Å². The van der Waals surface area contributed by atoms with Gasteiger partial charge in [-0.1, -0.05) is 41.6 Å².